The van der Waals surface area contributed by atoms with Gasteiger partial charge in [-0.25, -0.2) is 0 Å². The van der Waals surface area contributed by atoms with Crippen molar-refractivity contribution in [2.24, 2.45) is 5.92 Å². The number of benzene rings is 1. The second-order valence-corrected chi connectivity index (χ2v) is 5.04. The molecular weight excluding hydrogens is 224 g/mol. The van der Waals surface area contributed by atoms with Crippen molar-refractivity contribution in [1.82, 2.24) is 4.90 Å². The van der Waals surface area contributed by atoms with Gasteiger partial charge >= 0.3 is 0 Å². The van der Waals surface area contributed by atoms with Crippen LogP contribution in [0.2, 0.25) is 0 Å². The molecule has 4 nitrogen and oxygen atoms in total. The molecule has 1 aromatic rings. The van der Waals surface area contributed by atoms with Crippen LogP contribution in [0.5, 0.6) is 0 Å². The molecule has 1 aromatic carbocycles. The molecule has 1 fully saturated rings. The molecule has 0 amide bonds. The molecule has 1 heterocycles. The summed E-state index contributed by atoms with van der Waals surface area (Å²) in [5.41, 5.74) is 7.83. The molecule has 1 aliphatic rings. The molecule has 0 saturated carbocycles. The quantitative estimate of drug-likeness (QED) is 0.797. The number of nitrogen functional groups attached to an aromatic ring is 1. The van der Waals surface area contributed by atoms with Gasteiger partial charge in [-0.1, -0.05) is 0 Å². The van der Waals surface area contributed by atoms with Gasteiger partial charge in [-0.3, -0.25) is 0 Å². The van der Waals surface area contributed by atoms with E-state index in [9.17, 15) is 0 Å². The number of likely N-dealkylation sites (tertiary alicyclic amines) is 1. The van der Waals surface area contributed by atoms with Gasteiger partial charge < -0.3 is 16.0 Å². The first kappa shape index (κ1) is 12.7. The summed E-state index contributed by atoms with van der Waals surface area (Å²) in [5.74, 6) is 0.699. The largest absolute Gasteiger partial charge is 0.399 e. The van der Waals surface area contributed by atoms with Crippen molar-refractivity contribution in [3.63, 3.8) is 0 Å². The summed E-state index contributed by atoms with van der Waals surface area (Å²) in [5, 5.41) is 12.4. The van der Waals surface area contributed by atoms with Crippen LogP contribution in [0.1, 0.15) is 18.4 Å². The van der Waals surface area contributed by atoms with Crippen LogP contribution >= 0.6 is 0 Å². The molecule has 4 heteroatoms. The lowest BCUT2D eigenvalue weighted by Gasteiger charge is -2.29. The Morgan fingerprint density at radius 3 is 2.83 bits per heavy atom. The van der Waals surface area contributed by atoms with Crippen molar-refractivity contribution in [2.45, 2.75) is 12.8 Å². The summed E-state index contributed by atoms with van der Waals surface area (Å²) in [4.78, 5) is 2.36. The summed E-state index contributed by atoms with van der Waals surface area (Å²) in [6, 6.07) is 7.62. The molecule has 3 N–H and O–H groups in total. The lowest BCUT2D eigenvalue weighted by molar-refractivity contribution is 0.226. The summed E-state index contributed by atoms with van der Waals surface area (Å²) in [6.45, 7) is 3.27. The number of nitrogens with two attached hydrogens (primary N) is 1. The fourth-order valence-corrected chi connectivity index (χ4v) is 2.33. The van der Waals surface area contributed by atoms with E-state index in [0.717, 1.165) is 12.2 Å². The summed E-state index contributed by atoms with van der Waals surface area (Å²) in [7, 11) is 2.16. The Hall–Kier alpha value is -1.73. The number of piperidine rings is 1. The van der Waals surface area contributed by atoms with Crippen LogP contribution in [-0.4, -0.2) is 31.6 Å². The molecule has 18 heavy (non-hydrogen) atoms. The second kappa shape index (κ2) is 5.74. The standard InChI is InChI=1S/C14H20N4/c1-18-6-4-11(5-7-18)10-17-14-3-2-13(16)8-12(14)9-15/h2-3,8,11,17H,4-7,10,16H2,1H3. The number of nitrogens with zero attached hydrogens (tertiary/aromatic N) is 2. The van der Waals surface area contributed by atoms with Gasteiger partial charge in [0.1, 0.15) is 6.07 Å². The smallest absolute Gasteiger partial charge is 0.101 e. The van der Waals surface area contributed by atoms with E-state index in [-0.39, 0.29) is 0 Å². The molecule has 0 unspecified atom stereocenters. The van der Waals surface area contributed by atoms with E-state index < -0.39 is 0 Å². The number of hydrogen-bond donors (Lipinski definition) is 2. The minimum atomic E-state index is 0.628. The van der Waals surface area contributed by atoms with Crippen molar-refractivity contribution < 1.29 is 0 Å². The third-order valence-corrected chi connectivity index (χ3v) is 3.58. The highest BCUT2D eigenvalue weighted by Crippen LogP contribution is 2.21. The third kappa shape index (κ3) is 3.14. The van der Waals surface area contributed by atoms with Gasteiger partial charge in [0, 0.05) is 12.2 Å². The fraction of sp³-hybridized carbons (Fsp3) is 0.500. The van der Waals surface area contributed by atoms with Crippen LogP contribution in [0.3, 0.4) is 0 Å². The number of rotatable bonds is 3. The van der Waals surface area contributed by atoms with Crippen molar-refractivity contribution in [2.75, 3.05) is 37.7 Å². The molecule has 2 rings (SSSR count). The second-order valence-electron chi connectivity index (χ2n) is 5.04. The van der Waals surface area contributed by atoms with E-state index in [1.807, 2.05) is 12.1 Å². The Labute approximate surface area is 108 Å². The SMILES string of the molecule is CN1CCC(CNc2ccc(N)cc2C#N)CC1. The monoisotopic (exact) mass is 244 g/mol. The van der Waals surface area contributed by atoms with Crippen molar-refractivity contribution in [3.05, 3.63) is 23.8 Å². The minimum absolute atomic E-state index is 0.628. The van der Waals surface area contributed by atoms with E-state index in [1.165, 1.54) is 25.9 Å². The Balaban J connectivity index is 1.92. The van der Waals surface area contributed by atoms with Crippen LogP contribution < -0.4 is 11.1 Å². The summed E-state index contributed by atoms with van der Waals surface area (Å²) < 4.78 is 0. The van der Waals surface area contributed by atoms with Crippen molar-refractivity contribution in [3.8, 4) is 6.07 Å². The molecular formula is C14H20N4. The highest BCUT2D eigenvalue weighted by Gasteiger charge is 2.16. The number of nitrogens with one attached hydrogen (secondary N) is 1. The van der Waals surface area contributed by atoms with Crippen LogP contribution in [0.4, 0.5) is 11.4 Å². The maximum absolute atomic E-state index is 9.06. The van der Waals surface area contributed by atoms with Crippen molar-refractivity contribution >= 4 is 11.4 Å². The third-order valence-electron chi connectivity index (χ3n) is 3.58. The van der Waals surface area contributed by atoms with Crippen molar-refractivity contribution in [1.29, 1.82) is 5.26 Å². The van der Waals surface area contributed by atoms with Gasteiger partial charge in [-0.05, 0) is 57.1 Å². The maximum Gasteiger partial charge on any atom is 0.101 e. The number of hydrogen-bond acceptors (Lipinski definition) is 4. The Morgan fingerprint density at radius 2 is 2.17 bits per heavy atom. The van der Waals surface area contributed by atoms with Crippen LogP contribution in [-0.2, 0) is 0 Å². The van der Waals surface area contributed by atoms with Gasteiger partial charge in [0.2, 0.25) is 0 Å². The first-order valence-electron chi connectivity index (χ1n) is 6.41. The molecule has 96 valence electrons. The predicted octanol–water partition coefficient (Wildman–Crippen LogP) is 1.89. The van der Waals surface area contributed by atoms with E-state index in [1.54, 1.807) is 6.07 Å². The van der Waals surface area contributed by atoms with Gasteiger partial charge in [0.25, 0.3) is 0 Å². The molecule has 0 aliphatic carbocycles. The van der Waals surface area contributed by atoms with Crippen LogP contribution in [0, 0.1) is 17.2 Å². The first-order chi connectivity index (χ1) is 8.69. The average molecular weight is 244 g/mol. The lowest BCUT2D eigenvalue weighted by atomic mass is 9.97. The highest BCUT2D eigenvalue weighted by molar-refractivity contribution is 5.62. The topological polar surface area (TPSA) is 65.1 Å². The van der Waals surface area contributed by atoms with E-state index in [2.05, 4.69) is 23.3 Å². The molecule has 1 aliphatic heterocycles. The minimum Gasteiger partial charge on any atom is -0.399 e. The molecule has 0 atom stereocenters. The zero-order chi connectivity index (χ0) is 13.0. The molecule has 0 radical (unpaired) electrons. The molecule has 1 saturated heterocycles. The predicted molar refractivity (Wildman–Crippen MR) is 74.3 cm³/mol. The number of anilines is 2. The van der Waals surface area contributed by atoms with E-state index in [4.69, 9.17) is 11.0 Å². The zero-order valence-electron chi connectivity index (χ0n) is 10.8. The van der Waals surface area contributed by atoms with Gasteiger partial charge in [-0.15, -0.1) is 0 Å². The lowest BCUT2D eigenvalue weighted by Crippen LogP contribution is -2.33. The average Bonchev–Trinajstić information content (AvgIpc) is 2.39. The van der Waals surface area contributed by atoms with Gasteiger partial charge in [-0.2, -0.15) is 5.26 Å². The fourth-order valence-electron chi connectivity index (χ4n) is 2.33. The first-order valence-corrected chi connectivity index (χ1v) is 6.41. The molecule has 0 aromatic heterocycles. The van der Waals surface area contributed by atoms with Crippen LogP contribution in [0.25, 0.3) is 0 Å². The normalized spacial score (nSPS) is 17.3. The van der Waals surface area contributed by atoms with Gasteiger partial charge in [0.05, 0.1) is 11.3 Å². The van der Waals surface area contributed by atoms with Gasteiger partial charge in [0.15, 0.2) is 0 Å². The highest BCUT2D eigenvalue weighted by atomic mass is 15.1. The molecule has 0 spiro atoms. The Bertz CT molecular complexity index is 442. The van der Waals surface area contributed by atoms with E-state index in [0.29, 0.717) is 17.2 Å². The zero-order valence-corrected chi connectivity index (χ0v) is 10.8. The summed E-state index contributed by atoms with van der Waals surface area (Å²) >= 11 is 0. The summed E-state index contributed by atoms with van der Waals surface area (Å²) in [6.07, 6.45) is 2.45. The Morgan fingerprint density at radius 1 is 1.44 bits per heavy atom. The maximum atomic E-state index is 9.06. The van der Waals surface area contributed by atoms with E-state index >= 15 is 0 Å². The number of nitriles is 1. The Kier molecular flexibility index (Phi) is 4.06. The van der Waals surface area contributed by atoms with Crippen LogP contribution in [0.15, 0.2) is 18.2 Å². The molecule has 0 bridgehead atoms.